The Balaban J connectivity index is 1.74. The molecule has 0 bridgehead atoms. The van der Waals surface area contributed by atoms with Gasteiger partial charge in [-0.2, -0.15) is 4.98 Å². The molecule has 0 aliphatic rings. The van der Waals surface area contributed by atoms with Crippen molar-refractivity contribution >= 4 is 39.8 Å². The number of thioether (sulfide) groups is 1. The van der Waals surface area contributed by atoms with Gasteiger partial charge in [0.25, 0.3) is 5.89 Å². The first-order valence-electron chi connectivity index (χ1n) is 6.06. The minimum atomic E-state index is 0.455. The van der Waals surface area contributed by atoms with E-state index in [4.69, 9.17) is 21.9 Å². The van der Waals surface area contributed by atoms with Crippen LogP contribution in [0.4, 0.5) is 5.13 Å². The number of aryl methyl sites for hydroxylation is 1. The maximum absolute atomic E-state index is 6.11. The van der Waals surface area contributed by atoms with Crippen molar-refractivity contribution in [3.05, 3.63) is 40.8 Å². The van der Waals surface area contributed by atoms with Crippen LogP contribution in [0.25, 0.3) is 10.8 Å². The van der Waals surface area contributed by atoms with Crippen LogP contribution >= 0.6 is 34.7 Å². The Bertz CT molecular complexity index is 771. The van der Waals surface area contributed by atoms with E-state index < -0.39 is 0 Å². The Hall–Kier alpha value is -1.57. The monoisotopic (exact) mass is 338 g/mol. The van der Waals surface area contributed by atoms with Crippen LogP contribution < -0.4 is 5.73 Å². The van der Waals surface area contributed by atoms with Crippen molar-refractivity contribution in [3.8, 4) is 10.8 Å². The maximum atomic E-state index is 6.11. The standard InChI is InChI=1S/C13H11ClN4OS2/c1-7-11(21-13(15)16-7)12-17-10(18-19-12)6-20-9-5-3-2-4-8(9)14/h2-5H,6H2,1H3,(H2,15,16). The van der Waals surface area contributed by atoms with Gasteiger partial charge in [-0.05, 0) is 19.1 Å². The molecule has 2 heterocycles. The third kappa shape index (κ3) is 3.20. The summed E-state index contributed by atoms with van der Waals surface area (Å²) >= 11 is 9.01. The van der Waals surface area contributed by atoms with Crippen LogP contribution in [0.2, 0.25) is 5.02 Å². The molecule has 3 aromatic rings. The van der Waals surface area contributed by atoms with Crippen LogP contribution in [0.3, 0.4) is 0 Å². The summed E-state index contributed by atoms with van der Waals surface area (Å²) in [5.74, 6) is 1.65. The van der Waals surface area contributed by atoms with E-state index in [0.717, 1.165) is 20.5 Å². The molecule has 21 heavy (non-hydrogen) atoms. The van der Waals surface area contributed by atoms with Crippen molar-refractivity contribution in [3.63, 3.8) is 0 Å². The van der Waals surface area contributed by atoms with E-state index in [1.807, 2.05) is 31.2 Å². The van der Waals surface area contributed by atoms with Crippen LogP contribution in [0.5, 0.6) is 0 Å². The van der Waals surface area contributed by atoms with E-state index in [1.54, 1.807) is 11.8 Å². The maximum Gasteiger partial charge on any atom is 0.270 e. The zero-order valence-electron chi connectivity index (χ0n) is 11.0. The molecule has 2 aromatic heterocycles. The number of rotatable bonds is 4. The van der Waals surface area contributed by atoms with E-state index in [1.165, 1.54) is 11.3 Å². The Morgan fingerprint density at radius 2 is 2.14 bits per heavy atom. The number of aromatic nitrogens is 3. The number of nitrogens with zero attached hydrogens (tertiary/aromatic N) is 3. The highest BCUT2D eigenvalue weighted by Crippen LogP contribution is 2.32. The van der Waals surface area contributed by atoms with Crippen molar-refractivity contribution in [2.75, 3.05) is 5.73 Å². The van der Waals surface area contributed by atoms with Gasteiger partial charge in [-0.3, -0.25) is 0 Å². The molecule has 0 saturated carbocycles. The van der Waals surface area contributed by atoms with Gasteiger partial charge in [0, 0.05) is 4.90 Å². The number of halogens is 1. The fourth-order valence-corrected chi connectivity index (χ4v) is 3.56. The molecule has 0 aliphatic heterocycles. The van der Waals surface area contributed by atoms with Crippen molar-refractivity contribution in [1.29, 1.82) is 0 Å². The number of thiazole rings is 1. The second-order valence-electron chi connectivity index (χ2n) is 4.20. The second-order valence-corrected chi connectivity index (χ2v) is 6.66. The molecule has 0 spiro atoms. The average Bonchev–Trinajstić information content (AvgIpc) is 3.04. The van der Waals surface area contributed by atoms with Crippen molar-refractivity contribution in [2.45, 2.75) is 17.6 Å². The zero-order valence-corrected chi connectivity index (χ0v) is 13.4. The third-order valence-electron chi connectivity index (χ3n) is 2.67. The lowest BCUT2D eigenvalue weighted by Crippen LogP contribution is -1.85. The lowest BCUT2D eigenvalue weighted by atomic mass is 10.4. The summed E-state index contributed by atoms with van der Waals surface area (Å²) in [6, 6.07) is 7.66. The zero-order chi connectivity index (χ0) is 14.8. The molecule has 5 nitrogen and oxygen atoms in total. The molecular formula is C13H11ClN4OS2. The number of hydrogen-bond donors (Lipinski definition) is 1. The molecule has 0 saturated heterocycles. The van der Waals surface area contributed by atoms with Crippen LogP contribution in [-0.2, 0) is 5.75 Å². The van der Waals surface area contributed by atoms with Crippen molar-refractivity contribution < 1.29 is 4.52 Å². The van der Waals surface area contributed by atoms with Gasteiger partial charge in [0.05, 0.1) is 16.5 Å². The molecule has 0 fully saturated rings. The van der Waals surface area contributed by atoms with Crippen LogP contribution in [0.1, 0.15) is 11.5 Å². The quantitative estimate of drug-likeness (QED) is 0.723. The highest BCUT2D eigenvalue weighted by Gasteiger charge is 2.15. The second kappa shape index (κ2) is 6.05. The largest absolute Gasteiger partial charge is 0.375 e. The molecule has 2 N–H and O–H groups in total. The summed E-state index contributed by atoms with van der Waals surface area (Å²) < 4.78 is 5.27. The number of nitrogens with two attached hydrogens (primary N) is 1. The van der Waals surface area contributed by atoms with E-state index in [9.17, 15) is 0 Å². The molecule has 0 unspecified atom stereocenters. The summed E-state index contributed by atoms with van der Waals surface area (Å²) in [6.45, 7) is 1.87. The summed E-state index contributed by atoms with van der Waals surface area (Å²) in [4.78, 5) is 10.3. The minimum Gasteiger partial charge on any atom is -0.375 e. The Labute approximate surface area is 134 Å². The lowest BCUT2D eigenvalue weighted by molar-refractivity contribution is 0.425. The average molecular weight is 339 g/mol. The first-order valence-corrected chi connectivity index (χ1v) is 8.24. The molecule has 0 atom stereocenters. The van der Waals surface area contributed by atoms with Gasteiger partial charge >= 0.3 is 0 Å². The molecule has 1 aromatic carbocycles. The molecule has 8 heteroatoms. The first kappa shape index (κ1) is 14.4. The minimum absolute atomic E-state index is 0.455. The number of nitrogen functional groups attached to an aromatic ring is 1. The Kier molecular flexibility index (Phi) is 4.14. The molecule has 0 amide bonds. The molecule has 0 aliphatic carbocycles. The topological polar surface area (TPSA) is 77.8 Å². The SMILES string of the molecule is Cc1nc(N)sc1-c1nc(CSc2ccccc2Cl)no1. The Morgan fingerprint density at radius 1 is 1.33 bits per heavy atom. The molecular weight excluding hydrogens is 328 g/mol. The van der Waals surface area contributed by atoms with Gasteiger partial charge in [0.15, 0.2) is 11.0 Å². The smallest absolute Gasteiger partial charge is 0.270 e. The molecule has 0 radical (unpaired) electrons. The van der Waals surface area contributed by atoms with Crippen molar-refractivity contribution in [1.82, 2.24) is 15.1 Å². The highest BCUT2D eigenvalue weighted by atomic mass is 35.5. The highest BCUT2D eigenvalue weighted by molar-refractivity contribution is 7.98. The Morgan fingerprint density at radius 3 is 2.86 bits per heavy atom. The van der Waals surface area contributed by atoms with Gasteiger partial charge in [-0.15, -0.1) is 11.8 Å². The van der Waals surface area contributed by atoms with Crippen molar-refractivity contribution in [2.24, 2.45) is 0 Å². The number of benzene rings is 1. The fraction of sp³-hybridized carbons (Fsp3) is 0.154. The van der Waals surface area contributed by atoms with Gasteiger partial charge < -0.3 is 10.3 Å². The van der Waals surface area contributed by atoms with Gasteiger partial charge in [0.2, 0.25) is 0 Å². The predicted molar refractivity (Wildman–Crippen MR) is 85.6 cm³/mol. The molecule has 108 valence electrons. The van der Waals surface area contributed by atoms with Crippen LogP contribution in [-0.4, -0.2) is 15.1 Å². The van der Waals surface area contributed by atoms with Gasteiger partial charge in [0.1, 0.15) is 4.88 Å². The predicted octanol–water partition coefficient (Wildman–Crippen LogP) is 4.03. The summed E-state index contributed by atoms with van der Waals surface area (Å²) in [6.07, 6.45) is 0. The van der Waals surface area contributed by atoms with Gasteiger partial charge in [-0.1, -0.05) is 40.2 Å². The number of hydrogen-bond acceptors (Lipinski definition) is 7. The summed E-state index contributed by atoms with van der Waals surface area (Å²) in [5, 5.41) is 5.19. The first-order chi connectivity index (χ1) is 10.1. The summed E-state index contributed by atoms with van der Waals surface area (Å²) in [7, 11) is 0. The van der Waals surface area contributed by atoms with Crippen LogP contribution in [0, 0.1) is 6.92 Å². The van der Waals surface area contributed by atoms with E-state index >= 15 is 0 Å². The summed E-state index contributed by atoms with van der Waals surface area (Å²) in [5.41, 5.74) is 6.47. The number of anilines is 1. The van der Waals surface area contributed by atoms with Gasteiger partial charge in [-0.25, -0.2) is 4.98 Å². The van der Waals surface area contributed by atoms with Crippen LogP contribution in [0.15, 0.2) is 33.7 Å². The third-order valence-corrected chi connectivity index (χ3v) is 5.15. The van der Waals surface area contributed by atoms with E-state index in [2.05, 4.69) is 15.1 Å². The lowest BCUT2D eigenvalue weighted by Gasteiger charge is -2.00. The fourth-order valence-electron chi connectivity index (χ4n) is 1.72. The van der Waals surface area contributed by atoms with E-state index in [0.29, 0.717) is 22.6 Å². The molecule has 3 rings (SSSR count). The van der Waals surface area contributed by atoms with E-state index in [-0.39, 0.29) is 0 Å². The normalized spacial score (nSPS) is 11.0.